The van der Waals surface area contributed by atoms with Crippen molar-refractivity contribution < 1.29 is 14.7 Å². The molecule has 0 aromatic rings. The quantitative estimate of drug-likeness (QED) is 0.534. The van der Waals surface area contributed by atoms with Gasteiger partial charge in [-0.1, -0.05) is 6.92 Å². The molecule has 2 N–H and O–H groups in total. The third-order valence-electron chi connectivity index (χ3n) is 1.22. The van der Waals surface area contributed by atoms with Crippen molar-refractivity contribution in [1.29, 1.82) is 0 Å². The first-order valence-corrected chi connectivity index (χ1v) is 3.12. The van der Waals surface area contributed by atoms with Crippen molar-refractivity contribution in [2.45, 2.75) is 25.8 Å². The van der Waals surface area contributed by atoms with Gasteiger partial charge in [-0.3, -0.25) is 9.59 Å². The molecule has 0 aliphatic rings. The normalized spacial score (nSPS) is 12.1. The molecular weight excluding hydrogens is 134 g/mol. The lowest BCUT2D eigenvalue weighted by Crippen LogP contribution is -2.29. The summed E-state index contributed by atoms with van der Waals surface area (Å²) in [5.74, 6) is -0.888. The van der Waals surface area contributed by atoms with Gasteiger partial charge >= 0.3 is 5.97 Å². The Bertz CT molecular complexity index is 124. The van der Waals surface area contributed by atoms with Crippen LogP contribution in [0.25, 0.3) is 0 Å². The van der Waals surface area contributed by atoms with Crippen LogP contribution in [0.5, 0.6) is 0 Å². The number of carboxylic acids is 1. The van der Waals surface area contributed by atoms with Crippen LogP contribution in [0.3, 0.4) is 0 Å². The van der Waals surface area contributed by atoms with Crippen LogP contribution in [-0.2, 0) is 9.59 Å². The second kappa shape index (κ2) is 4.78. The maximum Gasteiger partial charge on any atom is 0.305 e. The molecular formula is C6H11NO3. The van der Waals surface area contributed by atoms with E-state index in [1.54, 1.807) is 0 Å². The fourth-order valence-corrected chi connectivity index (χ4v) is 0.628. The molecule has 4 nitrogen and oxygen atoms in total. The average molecular weight is 145 g/mol. The topological polar surface area (TPSA) is 66.4 Å². The van der Waals surface area contributed by atoms with Crippen molar-refractivity contribution in [3.63, 3.8) is 0 Å². The first-order chi connectivity index (χ1) is 4.70. The zero-order valence-corrected chi connectivity index (χ0v) is 5.83. The summed E-state index contributed by atoms with van der Waals surface area (Å²) in [6.07, 6.45) is 1.16. The van der Waals surface area contributed by atoms with Crippen LogP contribution in [0, 0.1) is 0 Å². The maximum atomic E-state index is 10.1. The summed E-state index contributed by atoms with van der Waals surface area (Å²) in [7, 11) is 0. The number of aliphatic carboxylic acids is 1. The molecule has 1 amide bonds. The Hall–Kier alpha value is -1.06. The number of carboxylic acid groups (broad SMARTS) is 1. The summed E-state index contributed by atoms with van der Waals surface area (Å²) in [6.45, 7) is 1.82. The highest BCUT2D eigenvalue weighted by molar-refractivity contribution is 5.68. The molecule has 58 valence electrons. The number of carbonyl (C=O) groups is 2. The summed E-state index contributed by atoms with van der Waals surface area (Å²) in [4.78, 5) is 19.9. The fraction of sp³-hybridized carbons (Fsp3) is 0.667. The predicted octanol–water partition coefficient (Wildman–Crippen LogP) is -0.0143. The standard InChI is InChI=1S/C6H11NO3/c1-2-5(7-4-8)3-6(9)10/h4-5H,2-3H2,1H3,(H,7,8)(H,9,10)/t5-/m1/s1. The molecule has 0 saturated heterocycles. The van der Waals surface area contributed by atoms with Gasteiger partial charge in [-0.25, -0.2) is 0 Å². The Morgan fingerprint density at radius 1 is 1.80 bits per heavy atom. The zero-order chi connectivity index (χ0) is 7.98. The molecule has 1 atom stereocenters. The SMILES string of the molecule is CC[C@H](CC(=O)O)NC=O. The lowest BCUT2D eigenvalue weighted by Gasteiger charge is -2.09. The van der Waals surface area contributed by atoms with E-state index in [0.29, 0.717) is 12.8 Å². The molecule has 0 aromatic heterocycles. The Morgan fingerprint density at radius 2 is 2.40 bits per heavy atom. The number of hydrogen-bond donors (Lipinski definition) is 2. The number of amides is 1. The molecule has 0 unspecified atom stereocenters. The molecule has 0 radical (unpaired) electrons. The fourth-order valence-electron chi connectivity index (χ4n) is 0.628. The van der Waals surface area contributed by atoms with Crippen LogP contribution in [0.4, 0.5) is 0 Å². The van der Waals surface area contributed by atoms with Gasteiger partial charge in [0, 0.05) is 6.04 Å². The number of rotatable bonds is 5. The van der Waals surface area contributed by atoms with Crippen molar-refractivity contribution in [1.82, 2.24) is 5.32 Å². The summed E-state index contributed by atoms with van der Waals surface area (Å²) in [5, 5.41) is 10.7. The molecule has 0 aliphatic heterocycles. The van der Waals surface area contributed by atoms with E-state index < -0.39 is 5.97 Å². The monoisotopic (exact) mass is 145 g/mol. The maximum absolute atomic E-state index is 10.1. The van der Waals surface area contributed by atoms with E-state index in [0.717, 1.165) is 0 Å². The van der Waals surface area contributed by atoms with E-state index in [4.69, 9.17) is 5.11 Å². The highest BCUT2D eigenvalue weighted by Gasteiger charge is 2.08. The van der Waals surface area contributed by atoms with Crippen LogP contribution in [0.2, 0.25) is 0 Å². The molecule has 10 heavy (non-hydrogen) atoms. The Labute approximate surface area is 59.2 Å². The molecule has 4 heteroatoms. The van der Waals surface area contributed by atoms with E-state index in [1.165, 1.54) is 0 Å². The molecule has 0 bridgehead atoms. The summed E-state index contributed by atoms with van der Waals surface area (Å²) >= 11 is 0. The lowest BCUT2D eigenvalue weighted by molar-refractivity contribution is -0.137. The first-order valence-electron chi connectivity index (χ1n) is 3.12. The van der Waals surface area contributed by atoms with Gasteiger partial charge in [0.15, 0.2) is 0 Å². The van der Waals surface area contributed by atoms with Gasteiger partial charge in [-0.05, 0) is 6.42 Å². The third-order valence-corrected chi connectivity index (χ3v) is 1.22. The van der Waals surface area contributed by atoms with Crippen LogP contribution in [-0.4, -0.2) is 23.5 Å². The second-order valence-corrected chi connectivity index (χ2v) is 1.99. The van der Waals surface area contributed by atoms with Gasteiger partial charge < -0.3 is 10.4 Å². The van der Waals surface area contributed by atoms with Gasteiger partial charge in [-0.15, -0.1) is 0 Å². The summed E-state index contributed by atoms with van der Waals surface area (Å²) in [5.41, 5.74) is 0. The minimum absolute atomic E-state index is 0.00472. The lowest BCUT2D eigenvalue weighted by atomic mass is 10.1. The van der Waals surface area contributed by atoms with Crippen LogP contribution < -0.4 is 5.32 Å². The highest BCUT2D eigenvalue weighted by Crippen LogP contribution is 1.95. The highest BCUT2D eigenvalue weighted by atomic mass is 16.4. The largest absolute Gasteiger partial charge is 0.481 e. The molecule has 0 heterocycles. The van der Waals surface area contributed by atoms with E-state index in [9.17, 15) is 9.59 Å². The van der Waals surface area contributed by atoms with Gasteiger partial charge in [0.1, 0.15) is 0 Å². The van der Waals surface area contributed by atoms with Crippen LogP contribution in [0.1, 0.15) is 19.8 Å². The van der Waals surface area contributed by atoms with E-state index >= 15 is 0 Å². The van der Waals surface area contributed by atoms with E-state index in [1.807, 2.05) is 6.92 Å². The third kappa shape index (κ3) is 3.88. The zero-order valence-electron chi connectivity index (χ0n) is 5.83. The number of nitrogens with one attached hydrogen (secondary N) is 1. The van der Waals surface area contributed by atoms with Gasteiger partial charge in [-0.2, -0.15) is 0 Å². The van der Waals surface area contributed by atoms with Crippen molar-refractivity contribution >= 4 is 12.4 Å². The minimum Gasteiger partial charge on any atom is -0.481 e. The van der Waals surface area contributed by atoms with E-state index in [-0.39, 0.29) is 12.5 Å². The summed E-state index contributed by atoms with van der Waals surface area (Å²) < 4.78 is 0. The smallest absolute Gasteiger partial charge is 0.305 e. The van der Waals surface area contributed by atoms with Gasteiger partial charge in [0.25, 0.3) is 0 Å². The summed E-state index contributed by atoms with van der Waals surface area (Å²) in [6, 6.07) is -0.227. The van der Waals surface area contributed by atoms with Gasteiger partial charge in [0.2, 0.25) is 6.41 Å². The first kappa shape index (κ1) is 8.94. The van der Waals surface area contributed by atoms with Gasteiger partial charge in [0.05, 0.1) is 6.42 Å². The molecule has 0 rings (SSSR count). The Balaban J connectivity index is 3.59. The molecule has 0 aromatic carbocycles. The molecule has 0 aliphatic carbocycles. The predicted molar refractivity (Wildman–Crippen MR) is 35.5 cm³/mol. The number of hydrogen-bond acceptors (Lipinski definition) is 2. The number of carbonyl (C=O) groups excluding carboxylic acids is 1. The molecule has 0 saturated carbocycles. The molecule has 0 spiro atoms. The van der Waals surface area contributed by atoms with Crippen molar-refractivity contribution in [3.8, 4) is 0 Å². The second-order valence-electron chi connectivity index (χ2n) is 1.99. The Morgan fingerprint density at radius 3 is 2.70 bits per heavy atom. The van der Waals surface area contributed by atoms with Crippen LogP contribution in [0.15, 0.2) is 0 Å². The van der Waals surface area contributed by atoms with Crippen molar-refractivity contribution in [2.75, 3.05) is 0 Å². The Kier molecular flexibility index (Phi) is 4.28. The van der Waals surface area contributed by atoms with Crippen molar-refractivity contribution in [3.05, 3.63) is 0 Å². The van der Waals surface area contributed by atoms with Crippen molar-refractivity contribution in [2.24, 2.45) is 0 Å². The van der Waals surface area contributed by atoms with Crippen LogP contribution >= 0.6 is 0 Å². The molecule has 0 fully saturated rings. The average Bonchev–Trinajstić information content (AvgIpc) is 1.86. The minimum atomic E-state index is -0.888. The van der Waals surface area contributed by atoms with E-state index in [2.05, 4.69) is 5.32 Å².